The van der Waals surface area contributed by atoms with E-state index >= 15 is 0 Å². The molecule has 12 heavy (non-hydrogen) atoms. The zero-order valence-electron chi connectivity index (χ0n) is 6.23. The SMILES string of the molecule is OB(O)c1cc2cnccc2[nH]1. The summed E-state index contributed by atoms with van der Waals surface area (Å²) in [5.74, 6) is 0. The standard InChI is InChI=1S/C7H7BN2O2/c11-8(12)7-3-5-4-9-2-1-6(5)10-7/h1-4,10-12H. The number of nitrogens with one attached hydrogen (secondary N) is 1. The highest BCUT2D eigenvalue weighted by Gasteiger charge is 2.13. The smallest absolute Gasteiger partial charge is 0.422 e. The third-order valence-corrected chi connectivity index (χ3v) is 1.72. The van der Waals surface area contributed by atoms with E-state index in [1.165, 1.54) is 0 Å². The third-order valence-electron chi connectivity index (χ3n) is 1.72. The molecule has 0 fully saturated rings. The van der Waals surface area contributed by atoms with Crippen LogP contribution in [-0.4, -0.2) is 27.1 Å². The molecule has 0 aromatic carbocycles. The lowest BCUT2D eigenvalue weighted by Crippen LogP contribution is -2.30. The van der Waals surface area contributed by atoms with Crippen LogP contribution in [0.1, 0.15) is 0 Å². The number of nitrogens with zero attached hydrogens (tertiary/aromatic N) is 1. The third kappa shape index (κ3) is 1.09. The van der Waals surface area contributed by atoms with E-state index in [9.17, 15) is 0 Å². The first-order valence-electron chi connectivity index (χ1n) is 3.56. The fourth-order valence-corrected chi connectivity index (χ4v) is 1.13. The van der Waals surface area contributed by atoms with Gasteiger partial charge in [0.05, 0.1) is 0 Å². The highest BCUT2D eigenvalue weighted by molar-refractivity contribution is 6.58. The van der Waals surface area contributed by atoms with Crippen LogP contribution < -0.4 is 5.59 Å². The molecule has 0 aliphatic carbocycles. The number of hydrogen-bond acceptors (Lipinski definition) is 3. The first-order valence-corrected chi connectivity index (χ1v) is 3.56. The Kier molecular flexibility index (Phi) is 1.60. The monoisotopic (exact) mass is 162 g/mol. The van der Waals surface area contributed by atoms with Crippen molar-refractivity contribution in [1.82, 2.24) is 9.97 Å². The number of aromatic amines is 1. The van der Waals surface area contributed by atoms with Gasteiger partial charge in [-0.2, -0.15) is 0 Å². The van der Waals surface area contributed by atoms with Gasteiger partial charge in [0.1, 0.15) is 0 Å². The number of hydrogen-bond donors (Lipinski definition) is 3. The Morgan fingerprint density at radius 2 is 2.25 bits per heavy atom. The van der Waals surface area contributed by atoms with Gasteiger partial charge in [-0.05, 0) is 12.1 Å². The summed E-state index contributed by atoms with van der Waals surface area (Å²) in [4.78, 5) is 6.76. The molecule has 2 aromatic rings. The fourth-order valence-electron chi connectivity index (χ4n) is 1.13. The Morgan fingerprint density at radius 3 is 2.92 bits per heavy atom. The summed E-state index contributed by atoms with van der Waals surface area (Å²) >= 11 is 0. The van der Waals surface area contributed by atoms with Gasteiger partial charge in [-0.15, -0.1) is 0 Å². The van der Waals surface area contributed by atoms with E-state index < -0.39 is 7.12 Å². The van der Waals surface area contributed by atoms with Crippen LogP contribution in [0, 0.1) is 0 Å². The van der Waals surface area contributed by atoms with Gasteiger partial charge < -0.3 is 15.0 Å². The van der Waals surface area contributed by atoms with E-state index in [4.69, 9.17) is 10.0 Å². The lowest BCUT2D eigenvalue weighted by Gasteiger charge is -1.89. The molecule has 0 unspecified atom stereocenters. The summed E-state index contributed by atoms with van der Waals surface area (Å²) in [6.45, 7) is 0. The van der Waals surface area contributed by atoms with Crippen LogP contribution >= 0.6 is 0 Å². The van der Waals surface area contributed by atoms with Gasteiger partial charge in [0.25, 0.3) is 0 Å². The Hall–Kier alpha value is -1.33. The summed E-state index contributed by atoms with van der Waals surface area (Å²) < 4.78 is 0. The molecule has 0 aliphatic rings. The minimum absolute atomic E-state index is 0.387. The maximum Gasteiger partial charge on any atom is 0.505 e. The summed E-state index contributed by atoms with van der Waals surface area (Å²) in [6.07, 6.45) is 3.31. The first-order chi connectivity index (χ1) is 5.77. The molecular formula is C7H7BN2O2. The highest BCUT2D eigenvalue weighted by atomic mass is 16.4. The topological polar surface area (TPSA) is 69.1 Å². The van der Waals surface area contributed by atoms with E-state index in [1.807, 2.05) is 0 Å². The lowest BCUT2D eigenvalue weighted by molar-refractivity contribution is 0.424. The summed E-state index contributed by atoms with van der Waals surface area (Å²) in [5, 5.41) is 18.5. The van der Waals surface area contributed by atoms with Gasteiger partial charge in [-0.3, -0.25) is 4.98 Å². The van der Waals surface area contributed by atoms with Crippen LogP contribution in [0.4, 0.5) is 0 Å². The van der Waals surface area contributed by atoms with Gasteiger partial charge in [0, 0.05) is 28.9 Å². The normalized spacial score (nSPS) is 10.5. The molecule has 3 N–H and O–H groups in total. The predicted octanol–water partition coefficient (Wildman–Crippen LogP) is -0.757. The fraction of sp³-hybridized carbons (Fsp3) is 0. The van der Waals surface area contributed by atoms with Gasteiger partial charge in [-0.25, -0.2) is 0 Å². The molecular weight excluding hydrogens is 155 g/mol. The van der Waals surface area contributed by atoms with Crippen molar-refractivity contribution >= 4 is 23.6 Å². The molecule has 60 valence electrons. The van der Waals surface area contributed by atoms with Crippen LogP contribution in [0.15, 0.2) is 24.5 Å². The van der Waals surface area contributed by atoms with Crippen molar-refractivity contribution in [2.24, 2.45) is 0 Å². The number of pyridine rings is 1. The molecule has 5 heteroatoms. The molecule has 4 nitrogen and oxygen atoms in total. The number of rotatable bonds is 1. The molecule has 0 saturated carbocycles. The van der Waals surface area contributed by atoms with Crippen molar-refractivity contribution in [3.63, 3.8) is 0 Å². The second-order valence-corrected chi connectivity index (χ2v) is 2.56. The molecule has 0 saturated heterocycles. The first kappa shape index (κ1) is 7.33. The van der Waals surface area contributed by atoms with Gasteiger partial charge in [-0.1, -0.05) is 0 Å². The Balaban J connectivity index is 2.62. The summed E-state index contributed by atoms with van der Waals surface area (Å²) in [5.41, 5.74) is 1.24. The second kappa shape index (κ2) is 2.62. The quantitative estimate of drug-likeness (QED) is 0.483. The molecule has 2 aromatic heterocycles. The molecule has 2 rings (SSSR count). The van der Waals surface area contributed by atoms with E-state index in [2.05, 4.69) is 9.97 Å². The maximum absolute atomic E-state index is 8.83. The summed E-state index contributed by atoms with van der Waals surface area (Å²) in [6, 6.07) is 3.44. The van der Waals surface area contributed by atoms with E-state index in [1.54, 1.807) is 24.5 Å². The summed E-state index contributed by atoms with van der Waals surface area (Å²) in [7, 11) is -1.45. The number of aromatic nitrogens is 2. The zero-order chi connectivity index (χ0) is 8.55. The zero-order valence-corrected chi connectivity index (χ0v) is 6.23. The van der Waals surface area contributed by atoms with E-state index in [-0.39, 0.29) is 0 Å². The highest BCUT2D eigenvalue weighted by Crippen LogP contribution is 2.06. The van der Waals surface area contributed by atoms with Crippen molar-refractivity contribution in [2.75, 3.05) is 0 Å². The maximum atomic E-state index is 8.83. The average molecular weight is 162 g/mol. The van der Waals surface area contributed by atoms with Gasteiger partial charge >= 0.3 is 7.12 Å². The Labute approximate surface area is 69.0 Å². The van der Waals surface area contributed by atoms with Crippen molar-refractivity contribution in [3.05, 3.63) is 24.5 Å². The number of H-pyrrole nitrogens is 1. The Bertz CT molecular complexity index is 366. The van der Waals surface area contributed by atoms with E-state index in [0.717, 1.165) is 10.9 Å². The molecule has 0 bridgehead atoms. The average Bonchev–Trinajstić information content (AvgIpc) is 2.46. The largest absolute Gasteiger partial charge is 0.505 e. The number of fused-ring (bicyclic) bond motifs is 1. The molecule has 0 radical (unpaired) electrons. The lowest BCUT2D eigenvalue weighted by atomic mass is 9.87. The minimum atomic E-state index is -1.45. The van der Waals surface area contributed by atoms with Crippen molar-refractivity contribution in [1.29, 1.82) is 0 Å². The van der Waals surface area contributed by atoms with Crippen molar-refractivity contribution in [2.45, 2.75) is 0 Å². The van der Waals surface area contributed by atoms with Crippen LogP contribution in [0.2, 0.25) is 0 Å². The second-order valence-electron chi connectivity index (χ2n) is 2.56. The predicted molar refractivity (Wildman–Crippen MR) is 45.9 cm³/mol. The van der Waals surface area contributed by atoms with Crippen molar-refractivity contribution < 1.29 is 10.0 Å². The van der Waals surface area contributed by atoms with Crippen LogP contribution in [-0.2, 0) is 0 Å². The van der Waals surface area contributed by atoms with Gasteiger partial charge in [0.2, 0.25) is 0 Å². The molecule has 0 atom stereocenters. The molecule has 0 spiro atoms. The molecule has 0 aliphatic heterocycles. The minimum Gasteiger partial charge on any atom is -0.422 e. The van der Waals surface area contributed by atoms with E-state index in [0.29, 0.717) is 5.59 Å². The van der Waals surface area contributed by atoms with Crippen LogP contribution in [0.25, 0.3) is 10.9 Å². The molecule has 2 heterocycles. The van der Waals surface area contributed by atoms with Crippen LogP contribution in [0.3, 0.4) is 0 Å². The Morgan fingerprint density at radius 1 is 1.42 bits per heavy atom. The molecule has 0 amide bonds. The van der Waals surface area contributed by atoms with Crippen molar-refractivity contribution in [3.8, 4) is 0 Å². The van der Waals surface area contributed by atoms with Gasteiger partial charge in [0.15, 0.2) is 0 Å². The van der Waals surface area contributed by atoms with Crippen LogP contribution in [0.5, 0.6) is 0 Å².